The molecule has 0 bridgehead atoms. The van der Waals surface area contributed by atoms with Gasteiger partial charge in [0, 0.05) is 24.8 Å². The SMILES string of the molecule is Cc1c(-c2ccccc2)cnc(N)c1C(=O)N1CCCC1. The third-order valence-electron chi connectivity index (χ3n) is 4.06. The molecule has 0 radical (unpaired) electrons. The van der Waals surface area contributed by atoms with Gasteiger partial charge in [-0.3, -0.25) is 4.79 Å². The van der Waals surface area contributed by atoms with Gasteiger partial charge in [-0.25, -0.2) is 4.98 Å². The molecular weight excluding hydrogens is 262 g/mol. The summed E-state index contributed by atoms with van der Waals surface area (Å²) in [6.45, 7) is 3.57. The van der Waals surface area contributed by atoms with E-state index in [4.69, 9.17) is 5.73 Å². The number of pyridine rings is 1. The van der Waals surface area contributed by atoms with Crippen LogP contribution in [-0.4, -0.2) is 28.9 Å². The summed E-state index contributed by atoms with van der Waals surface area (Å²) in [7, 11) is 0. The van der Waals surface area contributed by atoms with E-state index in [2.05, 4.69) is 4.98 Å². The normalized spacial score (nSPS) is 14.4. The van der Waals surface area contributed by atoms with E-state index in [-0.39, 0.29) is 5.91 Å². The predicted molar refractivity (Wildman–Crippen MR) is 84.0 cm³/mol. The fourth-order valence-electron chi connectivity index (χ4n) is 2.88. The van der Waals surface area contributed by atoms with Gasteiger partial charge in [0.05, 0.1) is 5.56 Å². The Bertz CT molecular complexity index is 661. The first-order valence-corrected chi connectivity index (χ1v) is 7.28. The van der Waals surface area contributed by atoms with Gasteiger partial charge in [0.15, 0.2) is 0 Å². The van der Waals surface area contributed by atoms with Crippen LogP contribution in [0.4, 0.5) is 5.82 Å². The van der Waals surface area contributed by atoms with E-state index >= 15 is 0 Å². The molecule has 4 heteroatoms. The maximum Gasteiger partial charge on any atom is 0.257 e. The second kappa shape index (κ2) is 5.56. The van der Waals surface area contributed by atoms with Crippen molar-refractivity contribution < 1.29 is 4.79 Å². The Balaban J connectivity index is 2.06. The summed E-state index contributed by atoms with van der Waals surface area (Å²) in [4.78, 5) is 18.8. The maximum absolute atomic E-state index is 12.7. The van der Waals surface area contributed by atoms with Crippen LogP contribution >= 0.6 is 0 Å². The monoisotopic (exact) mass is 281 g/mol. The van der Waals surface area contributed by atoms with Crippen LogP contribution in [0.5, 0.6) is 0 Å². The smallest absolute Gasteiger partial charge is 0.257 e. The number of carbonyl (C=O) groups is 1. The van der Waals surface area contributed by atoms with Crippen LogP contribution in [0.25, 0.3) is 11.1 Å². The van der Waals surface area contributed by atoms with Crippen molar-refractivity contribution in [3.63, 3.8) is 0 Å². The quantitative estimate of drug-likeness (QED) is 0.920. The Morgan fingerprint density at radius 3 is 2.52 bits per heavy atom. The predicted octanol–water partition coefficient (Wildman–Crippen LogP) is 2.88. The minimum atomic E-state index is 0.00720. The number of aromatic nitrogens is 1. The Morgan fingerprint density at radius 1 is 1.19 bits per heavy atom. The number of rotatable bonds is 2. The first-order chi connectivity index (χ1) is 10.2. The zero-order valence-corrected chi connectivity index (χ0v) is 12.2. The van der Waals surface area contributed by atoms with Crippen molar-refractivity contribution in [3.8, 4) is 11.1 Å². The van der Waals surface area contributed by atoms with Crippen molar-refractivity contribution >= 4 is 11.7 Å². The fraction of sp³-hybridized carbons (Fsp3) is 0.294. The molecule has 2 N–H and O–H groups in total. The van der Waals surface area contributed by atoms with Gasteiger partial charge >= 0.3 is 0 Å². The molecule has 1 aromatic carbocycles. The average molecular weight is 281 g/mol. The Labute approximate surface area is 124 Å². The van der Waals surface area contributed by atoms with E-state index in [1.165, 1.54) is 0 Å². The van der Waals surface area contributed by atoms with Crippen LogP contribution in [0.1, 0.15) is 28.8 Å². The third-order valence-corrected chi connectivity index (χ3v) is 4.06. The number of carbonyl (C=O) groups excluding carboxylic acids is 1. The molecule has 1 aliphatic rings. The molecule has 0 unspecified atom stereocenters. The Hall–Kier alpha value is -2.36. The van der Waals surface area contributed by atoms with Crippen LogP contribution in [0.2, 0.25) is 0 Å². The van der Waals surface area contributed by atoms with E-state index in [1.54, 1.807) is 6.20 Å². The largest absolute Gasteiger partial charge is 0.383 e. The Morgan fingerprint density at radius 2 is 1.86 bits per heavy atom. The number of benzene rings is 1. The van der Waals surface area contributed by atoms with Crippen molar-refractivity contribution in [2.24, 2.45) is 0 Å². The first kappa shape index (κ1) is 13.6. The highest BCUT2D eigenvalue weighted by Gasteiger charge is 2.24. The molecule has 2 heterocycles. The van der Waals surface area contributed by atoms with Gasteiger partial charge in [-0.2, -0.15) is 0 Å². The summed E-state index contributed by atoms with van der Waals surface area (Å²) in [5.74, 6) is 0.330. The summed E-state index contributed by atoms with van der Waals surface area (Å²) in [6.07, 6.45) is 3.88. The van der Waals surface area contributed by atoms with Crippen LogP contribution in [0, 0.1) is 6.92 Å². The van der Waals surface area contributed by atoms with Crippen molar-refractivity contribution in [2.75, 3.05) is 18.8 Å². The van der Waals surface area contributed by atoms with Crippen LogP contribution < -0.4 is 5.73 Å². The van der Waals surface area contributed by atoms with Gasteiger partial charge in [-0.05, 0) is 30.9 Å². The highest BCUT2D eigenvalue weighted by atomic mass is 16.2. The van der Waals surface area contributed by atoms with E-state index in [9.17, 15) is 4.79 Å². The van der Waals surface area contributed by atoms with E-state index in [0.29, 0.717) is 11.4 Å². The molecule has 1 aromatic heterocycles. The number of anilines is 1. The molecule has 108 valence electrons. The summed E-state index contributed by atoms with van der Waals surface area (Å²) >= 11 is 0. The topological polar surface area (TPSA) is 59.2 Å². The maximum atomic E-state index is 12.7. The molecule has 1 fully saturated rings. The number of nitrogen functional groups attached to an aromatic ring is 1. The van der Waals surface area contributed by atoms with Gasteiger partial charge in [-0.1, -0.05) is 30.3 Å². The van der Waals surface area contributed by atoms with E-state index in [1.807, 2.05) is 42.2 Å². The van der Waals surface area contributed by atoms with Crippen LogP contribution in [0.3, 0.4) is 0 Å². The zero-order valence-electron chi connectivity index (χ0n) is 12.2. The number of nitrogens with two attached hydrogens (primary N) is 1. The summed E-state index contributed by atoms with van der Waals surface area (Å²) < 4.78 is 0. The number of hydrogen-bond acceptors (Lipinski definition) is 3. The van der Waals surface area contributed by atoms with E-state index in [0.717, 1.165) is 42.6 Å². The molecule has 21 heavy (non-hydrogen) atoms. The molecular formula is C17H19N3O. The van der Waals surface area contributed by atoms with Gasteiger partial charge in [-0.15, -0.1) is 0 Å². The lowest BCUT2D eigenvalue weighted by Crippen LogP contribution is -2.29. The first-order valence-electron chi connectivity index (χ1n) is 7.28. The molecule has 4 nitrogen and oxygen atoms in total. The second-order valence-corrected chi connectivity index (χ2v) is 5.42. The summed E-state index contributed by atoms with van der Waals surface area (Å²) in [5.41, 5.74) is 9.46. The summed E-state index contributed by atoms with van der Waals surface area (Å²) in [6, 6.07) is 9.97. The van der Waals surface area contributed by atoms with Crippen LogP contribution in [0.15, 0.2) is 36.5 Å². The average Bonchev–Trinajstić information content (AvgIpc) is 3.02. The van der Waals surface area contributed by atoms with E-state index < -0.39 is 0 Å². The summed E-state index contributed by atoms with van der Waals surface area (Å²) in [5, 5.41) is 0. The van der Waals surface area contributed by atoms with Gasteiger partial charge in [0.2, 0.25) is 0 Å². The number of amides is 1. The Kier molecular flexibility index (Phi) is 3.60. The van der Waals surface area contributed by atoms with Crippen molar-refractivity contribution in [1.29, 1.82) is 0 Å². The molecule has 2 aromatic rings. The highest BCUT2D eigenvalue weighted by Crippen LogP contribution is 2.29. The molecule has 1 saturated heterocycles. The van der Waals surface area contributed by atoms with Crippen molar-refractivity contribution in [2.45, 2.75) is 19.8 Å². The standard InChI is InChI=1S/C17H19N3O/c1-12-14(13-7-3-2-4-8-13)11-19-16(18)15(12)17(21)20-9-5-6-10-20/h2-4,7-8,11H,5-6,9-10H2,1H3,(H2,18,19). The lowest BCUT2D eigenvalue weighted by atomic mass is 9.98. The minimum absolute atomic E-state index is 0.00720. The van der Waals surface area contributed by atoms with Crippen molar-refractivity contribution in [1.82, 2.24) is 9.88 Å². The minimum Gasteiger partial charge on any atom is -0.383 e. The molecule has 3 rings (SSSR count). The van der Waals surface area contributed by atoms with Crippen LogP contribution in [-0.2, 0) is 0 Å². The second-order valence-electron chi connectivity index (χ2n) is 5.42. The number of nitrogens with zero attached hydrogens (tertiary/aromatic N) is 2. The van der Waals surface area contributed by atoms with Gasteiger partial charge < -0.3 is 10.6 Å². The van der Waals surface area contributed by atoms with Gasteiger partial charge in [0.25, 0.3) is 5.91 Å². The van der Waals surface area contributed by atoms with Gasteiger partial charge in [0.1, 0.15) is 5.82 Å². The third kappa shape index (κ3) is 2.49. The molecule has 0 saturated carbocycles. The lowest BCUT2D eigenvalue weighted by Gasteiger charge is -2.19. The molecule has 1 amide bonds. The molecule has 0 spiro atoms. The highest BCUT2D eigenvalue weighted by molar-refractivity contribution is 6.01. The molecule has 0 aliphatic carbocycles. The molecule has 0 atom stereocenters. The fourth-order valence-corrected chi connectivity index (χ4v) is 2.88. The lowest BCUT2D eigenvalue weighted by molar-refractivity contribution is 0.0793. The van der Waals surface area contributed by atoms with Crippen molar-refractivity contribution in [3.05, 3.63) is 47.7 Å². The number of likely N-dealkylation sites (tertiary alicyclic amines) is 1. The molecule has 1 aliphatic heterocycles. The zero-order chi connectivity index (χ0) is 14.8. The number of hydrogen-bond donors (Lipinski definition) is 1.